The van der Waals surface area contributed by atoms with Crippen molar-refractivity contribution in [2.75, 3.05) is 21.1 Å². The number of oxazole rings is 1. The SMILES string of the molecule is CC(C)(C)c1ccc(-c2oc(C[N+](C)(C)C)nc2-c2cccc(O)c2)cc1. The molecule has 0 aliphatic heterocycles. The highest BCUT2D eigenvalue weighted by molar-refractivity contribution is 5.77. The van der Waals surface area contributed by atoms with Crippen LogP contribution in [0.4, 0.5) is 0 Å². The number of rotatable bonds is 4. The highest BCUT2D eigenvalue weighted by Crippen LogP contribution is 2.35. The Balaban J connectivity index is 2.10. The average Bonchev–Trinajstić information content (AvgIpc) is 2.96. The monoisotopic (exact) mass is 365 g/mol. The molecule has 0 amide bonds. The number of aromatic nitrogens is 1. The van der Waals surface area contributed by atoms with Crippen molar-refractivity contribution in [3.8, 4) is 28.3 Å². The zero-order valence-electron chi connectivity index (χ0n) is 17.1. The molecular formula is C23H29N2O2+. The second-order valence-electron chi connectivity index (χ2n) is 9.11. The molecule has 0 aliphatic rings. The van der Waals surface area contributed by atoms with Gasteiger partial charge in [-0.1, -0.05) is 57.2 Å². The lowest BCUT2D eigenvalue weighted by molar-refractivity contribution is -0.885. The molecule has 1 heterocycles. The zero-order chi connectivity index (χ0) is 19.8. The van der Waals surface area contributed by atoms with Crippen LogP contribution in [-0.4, -0.2) is 35.7 Å². The molecule has 27 heavy (non-hydrogen) atoms. The van der Waals surface area contributed by atoms with Gasteiger partial charge in [-0.15, -0.1) is 0 Å². The van der Waals surface area contributed by atoms with E-state index in [0.717, 1.165) is 27.1 Å². The minimum atomic E-state index is 0.100. The summed E-state index contributed by atoms with van der Waals surface area (Å²) in [4.78, 5) is 4.76. The van der Waals surface area contributed by atoms with E-state index >= 15 is 0 Å². The van der Waals surface area contributed by atoms with E-state index in [1.54, 1.807) is 12.1 Å². The summed E-state index contributed by atoms with van der Waals surface area (Å²) in [6.45, 7) is 7.29. The smallest absolute Gasteiger partial charge is 0.251 e. The second-order valence-corrected chi connectivity index (χ2v) is 9.11. The summed E-state index contributed by atoms with van der Waals surface area (Å²) in [6, 6.07) is 15.6. The van der Waals surface area contributed by atoms with Gasteiger partial charge in [0.05, 0.1) is 21.1 Å². The van der Waals surface area contributed by atoms with Crippen LogP contribution in [-0.2, 0) is 12.0 Å². The largest absolute Gasteiger partial charge is 0.508 e. The fraction of sp³-hybridized carbons (Fsp3) is 0.348. The van der Waals surface area contributed by atoms with Gasteiger partial charge in [0, 0.05) is 11.1 Å². The molecule has 0 radical (unpaired) electrons. The Labute approximate surface area is 161 Å². The maximum absolute atomic E-state index is 9.89. The number of phenols is 1. The molecule has 1 aromatic heterocycles. The van der Waals surface area contributed by atoms with Crippen LogP contribution >= 0.6 is 0 Å². The molecule has 0 aliphatic carbocycles. The van der Waals surface area contributed by atoms with Crippen molar-refractivity contribution < 1.29 is 14.0 Å². The van der Waals surface area contributed by atoms with E-state index in [1.807, 2.05) is 12.1 Å². The maximum atomic E-state index is 9.89. The molecule has 0 saturated heterocycles. The minimum absolute atomic E-state index is 0.100. The van der Waals surface area contributed by atoms with Gasteiger partial charge in [0.15, 0.2) is 12.3 Å². The van der Waals surface area contributed by atoms with Crippen molar-refractivity contribution in [3.63, 3.8) is 0 Å². The van der Waals surface area contributed by atoms with Crippen LogP contribution in [0.3, 0.4) is 0 Å². The fourth-order valence-electron chi connectivity index (χ4n) is 3.00. The van der Waals surface area contributed by atoms with Gasteiger partial charge in [-0.2, -0.15) is 0 Å². The third-order valence-electron chi connectivity index (χ3n) is 4.41. The first kappa shape index (κ1) is 19.2. The Hall–Kier alpha value is -2.59. The van der Waals surface area contributed by atoms with Crippen molar-refractivity contribution in [2.45, 2.75) is 32.7 Å². The summed E-state index contributed by atoms with van der Waals surface area (Å²) in [5, 5.41) is 9.89. The van der Waals surface area contributed by atoms with E-state index in [-0.39, 0.29) is 11.2 Å². The summed E-state index contributed by atoms with van der Waals surface area (Å²) in [6.07, 6.45) is 0. The molecule has 0 atom stereocenters. The van der Waals surface area contributed by atoms with E-state index < -0.39 is 0 Å². The molecule has 4 heteroatoms. The van der Waals surface area contributed by atoms with Gasteiger partial charge in [-0.3, -0.25) is 0 Å². The number of nitrogens with zero attached hydrogens (tertiary/aromatic N) is 2. The Kier molecular flexibility index (Phi) is 4.87. The molecule has 0 unspecified atom stereocenters. The topological polar surface area (TPSA) is 46.3 Å². The average molecular weight is 365 g/mol. The van der Waals surface area contributed by atoms with E-state index in [4.69, 9.17) is 9.40 Å². The summed E-state index contributed by atoms with van der Waals surface area (Å²) in [5.41, 5.74) is 3.97. The molecule has 2 aromatic carbocycles. The van der Waals surface area contributed by atoms with Gasteiger partial charge in [0.2, 0.25) is 0 Å². The predicted molar refractivity (Wildman–Crippen MR) is 109 cm³/mol. The molecule has 3 aromatic rings. The molecule has 0 saturated carbocycles. The molecule has 1 N–H and O–H groups in total. The van der Waals surface area contributed by atoms with Crippen molar-refractivity contribution in [1.29, 1.82) is 0 Å². The first-order valence-corrected chi connectivity index (χ1v) is 9.23. The number of phenolic OH excluding ortho intramolecular Hbond substituents is 1. The van der Waals surface area contributed by atoms with E-state index in [0.29, 0.717) is 12.4 Å². The summed E-state index contributed by atoms with van der Waals surface area (Å²) < 4.78 is 6.91. The van der Waals surface area contributed by atoms with Crippen molar-refractivity contribution in [2.24, 2.45) is 0 Å². The normalized spacial score (nSPS) is 12.4. The van der Waals surface area contributed by atoms with Crippen LogP contribution in [0.15, 0.2) is 52.9 Å². The van der Waals surface area contributed by atoms with E-state index in [1.165, 1.54) is 5.56 Å². The van der Waals surface area contributed by atoms with Crippen molar-refractivity contribution in [1.82, 2.24) is 4.98 Å². The molecule has 142 valence electrons. The summed E-state index contributed by atoms with van der Waals surface area (Å²) in [7, 11) is 6.32. The van der Waals surface area contributed by atoms with Crippen LogP contribution in [0, 0.1) is 0 Å². The van der Waals surface area contributed by atoms with Gasteiger partial charge in [0.25, 0.3) is 5.89 Å². The zero-order valence-corrected chi connectivity index (χ0v) is 17.1. The van der Waals surface area contributed by atoms with Crippen LogP contribution in [0.25, 0.3) is 22.6 Å². The maximum Gasteiger partial charge on any atom is 0.251 e. The highest BCUT2D eigenvalue weighted by atomic mass is 16.4. The van der Waals surface area contributed by atoms with Gasteiger partial charge in [-0.25, -0.2) is 4.98 Å². The molecular weight excluding hydrogens is 336 g/mol. The Morgan fingerprint density at radius 3 is 2.19 bits per heavy atom. The lowest BCUT2D eigenvalue weighted by Crippen LogP contribution is -2.33. The molecule has 3 rings (SSSR count). The number of quaternary nitrogens is 1. The minimum Gasteiger partial charge on any atom is -0.508 e. The second kappa shape index (κ2) is 6.86. The summed E-state index contributed by atoms with van der Waals surface area (Å²) in [5.74, 6) is 1.65. The van der Waals surface area contributed by atoms with Crippen LogP contribution in [0.2, 0.25) is 0 Å². The van der Waals surface area contributed by atoms with Gasteiger partial charge in [0.1, 0.15) is 11.4 Å². The molecule has 0 bridgehead atoms. The van der Waals surface area contributed by atoms with Gasteiger partial charge in [-0.05, 0) is 23.1 Å². The van der Waals surface area contributed by atoms with Crippen LogP contribution in [0.1, 0.15) is 32.2 Å². The lowest BCUT2D eigenvalue weighted by atomic mass is 9.86. The van der Waals surface area contributed by atoms with E-state index in [2.05, 4.69) is 66.2 Å². The molecule has 0 spiro atoms. The number of hydrogen-bond donors (Lipinski definition) is 1. The third-order valence-corrected chi connectivity index (χ3v) is 4.41. The Morgan fingerprint density at radius 1 is 0.963 bits per heavy atom. The third kappa shape index (κ3) is 4.58. The van der Waals surface area contributed by atoms with Crippen molar-refractivity contribution >= 4 is 0 Å². The predicted octanol–water partition coefficient (Wildman–Crippen LogP) is 5.22. The molecule has 4 nitrogen and oxygen atoms in total. The van der Waals surface area contributed by atoms with Gasteiger partial charge < -0.3 is 14.0 Å². The first-order chi connectivity index (χ1) is 12.5. The standard InChI is InChI=1S/C23H28N2O2/c1-23(2,3)18-12-10-16(11-13-18)22-21(17-8-7-9-19(26)14-17)24-20(27-22)15-25(4,5)6/h7-14H,15H2,1-6H3/p+1. The van der Waals surface area contributed by atoms with E-state index in [9.17, 15) is 5.11 Å². The molecule has 0 fully saturated rings. The van der Waals surface area contributed by atoms with Crippen LogP contribution in [0.5, 0.6) is 5.75 Å². The highest BCUT2D eigenvalue weighted by Gasteiger charge is 2.22. The Bertz CT molecular complexity index is 926. The van der Waals surface area contributed by atoms with Crippen LogP contribution < -0.4 is 0 Å². The van der Waals surface area contributed by atoms with Gasteiger partial charge >= 0.3 is 0 Å². The fourth-order valence-corrected chi connectivity index (χ4v) is 3.00. The number of hydrogen-bond acceptors (Lipinski definition) is 3. The summed E-state index contributed by atoms with van der Waals surface area (Å²) >= 11 is 0. The first-order valence-electron chi connectivity index (χ1n) is 9.23. The van der Waals surface area contributed by atoms with Crippen molar-refractivity contribution in [3.05, 3.63) is 60.0 Å². The quantitative estimate of drug-likeness (QED) is 0.645. The number of benzene rings is 2. The Morgan fingerprint density at radius 2 is 1.63 bits per heavy atom. The number of aromatic hydroxyl groups is 1. The lowest BCUT2D eigenvalue weighted by Gasteiger charge is -2.21.